The van der Waals surface area contributed by atoms with Crippen LogP contribution < -0.4 is 14.8 Å². The summed E-state index contributed by atoms with van der Waals surface area (Å²) < 4.78 is 11.2. The maximum Gasteiger partial charge on any atom is 0.251 e. The van der Waals surface area contributed by atoms with Crippen molar-refractivity contribution in [3.05, 3.63) is 58.7 Å². The van der Waals surface area contributed by atoms with Crippen molar-refractivity contribution >= 4 is 5.91 Å². The summed E-state index contributed by atoms with van der Waals surface area (Å²) in [5.74, 6) is 1.39. The van der Waals surface area contributed by atoms with Crippen LogP contribution in [0.15, 0.2) is 36.4 Å². The van der Waals surface area contributed by atoms with Crippen LogP contribution in [0.2, 0.25) is 0 Å². The van der Waals surface area contributed by atoms with Gasteiger partial charge in [-0.25, -0.2) is 0 Å². The molecule has 0 spiro atoms. The number of aryl methyl sites for hydroxylation is 2. The van der Waals surface area contributed by atoms with Crippen molar-refractivity contribution in [3.63, 3.8) is 0 Å². The van der Waals surface area contributed by atoms with Crippen LogP contribution in [0.25, 0.3) is 0 Å². The van der Waals surface area contributed by atoms with E-state index < -0.39 is 5.54 Å². The summed E-state index contributed by atoms with van der Waals surface area (Å²) in [4.78, 5) is 12.6. The van der Waals surface area contributed by atoms with E-state index in [1.807, 2.05) is 64.1 Å². The zero-order valence-electron chi connectivity index (χ0n) is 14.6. The lowest BCUT2D eigenvalue weighted by atomic mass is 9.93. The highest BCUT2D eigenvalue weighted by atomic mass is 16.6. The Kier molecular flexibility index (Phi) is 4.22. The Balaban J connectivity index is 1.82. The molecule has 2 aromatic carbocycles. The molecule has 1 N–H and O–H groups in total. The fourth-order valence-corrected chi connectivity index (χ4v) is 2.74. The first-order valence-corrected chi connectivity index (χ1v) is 8.17. The summed E-state index contributed by atoms with van der Waals surface area (Å²) >= 11 is 0. The van der Waals surface area contributed by atoms with Gasteiger partial charge in [0.05, 0.1) is 5.54 Å². The summed E-state index contributed by atoms with van der Waals surface area (Å²) in [6.45, 7) is 9.13. The van der Waals surface area contributed by atoms with Crippen LogP contribution in [0.1, 0.15) is 40.9 Å². The lowest BCUT2D eigenvalue weighted by Gasteiger charge is -2.29. The third-order valence-corrected chi connectivity index (χ3v) is 4.46. The van der Waals surface area contributed by atoms with Gasteiger partial charge in [-0.3, -0.25) is 4.79 Å². The molecule has 0 bridgehead atoms. The summed E-state index contributed by atoms with van der Waals surface area (Å²) in [7, 11) is 0. The molecule has 0 saturated heterocycles. The molecule has 3 rings (SSSR count). The average Bonchev–Trinajstić information content (AvgIpc) is 2.56. The Hall–Kier alpha value is -2.49. The molecule has 24 heavy (non-hydrogen) atoms. The lowest BCUT2D eigenvalue weighted by molar-refractivity contribution is 0.0911. The van der Waals surface area contributed by atoms with Gasteiger partial charge in [0.15, 0.2) is 11.5 Å². The molecular formula is C20H23NO3. The van der Waals surface area contributed by atoms with Gasteiger partial charge in [-0.1, -0.05) is 12.1 Å². The minimum Gasteiger partial charge on any atom is -0.486 e. The van der Waals surface area contributed by atoms with Crippen LogP contribution in [0.3, 0.4) is 0 Å². The molecule has 1 amide bonds. The van der Waals surface area contributed by atoms with Gasteiger partial charge in [0.25, 0.3) is 5.91 Å². The van der Waals surface area contributed by atoms with Crippen molar-refractivity contribution in [2.45, 2.75) is 33.2 Å². The zero-order chi connectivity index (χ0) is 17.3. The minimum atomic E-state index is -0.522. The van der Waals surface area contributed by atoms with E-state index in [4.69, 9.17) is 9.47 Å². The average molecular weight is 325 g/mol. The summed E-state index contributed by atoms with van der Waals surface area (Å²) in [5, 5.41) is 3.11. The fraction of sp³-hybridized carbons (Fsp3) is 0.350. The smallest absolute Gasteiger partial charge is 0.251 e. The highest BCUT2D eigenvalue weighted by Gasteiger charge is 2.25. The monoisotopic (exact) mass is 325 g/mol. The Morgan fingerprint density at radius 1 is 0.958 bits per heavy atom. The predicted molar refractivity (Wildman–Crippen MR) is 93.8 cm³/mol. The number of hydrogen-bond acceptors (Lipinski definition) is 3. The second-order valence-electron chi connectivity index (χ2n) is 6.74. The zero-order valence-corrected chi connectivity index (χ0v) is 14.6. The Morgan fingerprint density at radius 2 is 1.67 bits per heavy atom. The first kappa shape index (κ1) is 16.4. The summed E-state index contributed by atoms with van der Waals surface area (Å²) in [6, 6.07) is 11.6. The first-order valence-electron chi connectivity index (χ1n) is 8.17. The number of nitrogens with one attached hydrogen (secondary N) is 1. The van der Waals surface area contributed by atoms with Gasteiger partial charge in [-0.2, -0.15) is 0 Å². The molecule has 1 aliphatic heterocycles. The topological polar surface area (TPSA) is 47.6 Å². The van der Waals surface area contributed by atoms with Gasteiger partial charge < -0.3 is 14.8 Å². The molecule has 0 fully saturated rings. The van der Waals surface area contributed by atoms with Gasteiger partial charge in [-0.05, 0) is 68.7 Å². The molecule has 126 valence electrons. The van der Waals surface area contributed by atoms with E-state index in [0.717, 1.165) is 22.6 Å². The van der Waals surface area contributed by atoms with E-state index >= 15 is 0 Å². The van der Waals surface area contributed by atoms with Crippen molar-refractivity contribution in [1.82, 2.24) is 5.32 Å². The molecule has 2 aromatic rings. The van der Waals surface area contributed by atoms with E-state index in [1.165, 1.54) is 5.56 Å². The molecule has 4 heteroatoms. The van der Waals surface area contributed by atoms with Crippen LogP contribution in [0.5, 0.6) is 11.5 Å². The first-order chi connectivity index (χ1) is 11.4. The van der Waals surface area contributed by atoms with Crippen molar-refractivity contribution in [2.24, 2.45) is 0 Å². The minimum absolute atomic E-state index is 0.0852. The third-order valence-electron chi connectivity index (χ3n) is 4.46. The Morgan fingerprint density at radius 3 is 2.38 bits per heavy atom. The van der Waals surface area contributed by atoms with Crippen molar-refractivity contribution in [3.8, 4) is 11.5 Å². The second kappa shape index (κ2) is 6.19. The van der Waals surface area contributed by atoms with Crippen LogP contribution in [0, 0.1) is 13.8 Å². The number of fused-ring (bicyclic) bond motifs is 1. The number of amides is 1. The summed E-state index contributed by atoms with van der Waals surface area (Å²) in [6.07, 6.45) is 0. The quantitative estimate of drug-likeness (QED) is 0.935. The summed E-state index contributed by atoms with van der Waals surface area (Å²) in [5.41, 5.74) is 3.41. The van der Waals surface area contributed by atoms with Crippen LogP contribution in [-0.4, -0.2) is 19.1 Å². The highest BCUT2D eigenvalue weighted by Crippen LogP contribution is 2.34. The maximum absolute atomic E-state index is 12.6. The SMILES string of the molecule is Cc1ccc(C(=O)NC(C)(C)c2ccc3c(c2)OCCO3)cc1C. The van der Waals surface area contributed by atoms with Crippen molar-refractivity contribution in [2.75, 3.05) is 13.2 Å². The van der Waals surface area contributed by atoms with Crippen molar-refractivity contribution in [1.29, 1.82) is 0 Å². The molecule has 0 saturated carbocycles. The van der Waals surface area contributed by atoms with Crippen LogP contribution >= 0.6 is 0 Å². The van der Waals surface area contributed by atoms with Crippen molar-refractivity contribution < 1.29 is 14.3 Å². The predicted octanol–water partition coefficient (Wildman–Crippen LogP) is 3.74. The number of ether oxygens (including phenoxy) is 2. The normalized spacial score (nSPS) is 13.5. The van der Waals surface area contributed by atoms with Gasteiger partial charge in [-0.15, -0.1) is 0 Å². The standard InChI is InChI=1S/C20H23NO3/c1-13-5-6-15(11-14(13)2)19(22)21-20(3,4)16-7-8-17-18(12-16)24-10-9-23-17/h5-8,11-12H,9-10H2,1-4H3,(H,21,22). The molecule has 0 unspecified atom stereocenters. The van der Waals surface area contributed by atoms with Gasteiger partial charge >= 0.3 is 0 Å². The number of carbonyl (C=O) groups excluding carboxylic acids is 1. The van der Waals surface area contributed by atoms with Crippen LogP contribution in [0.4, 0.5) is 0 Å². The maximum atomic E-state index is 12.6. The third kappa shape index (κ3) is 3.23. The van der Waals surface area contributed by atoms with Gasteiger partial charge in [0.1, 0.15) is 13.2 Å². The van der Waals surface area contributed by atoms with E-state index in [9.17, 15) is 4.79 Å². The largest absolute Gasteiger partial charge is 0.486 e. The molecule has 4 nitrogen and oxygen atoms in total. The number of rotatable bonds is 3. The van der Waals surface area contributed by atoms with Crippen LogP contribution in [-0.2, 0) is 5.54 Å². The molecule has 0 atom stereocenters. The fourth-order valence-electron chi connectivity index (χ4n) is 2.74. The lowest BCUT2D eigenvalue weighted by Crippen LogP contribution is -2.41. The van der Waals surface area contributed by atoms with Gasteiger partial charge in [0.2, 0.25) is 0 Å². The van der Waals surface area contributed by atoms with E-state index in [2.05, 4.69) is 5.32 Å². The highest BCUT2D eigenvalue weighted by molar-refractivity contribution is 5.95. The molecular weight excluding hydrogens is 302 g/mol. The molecule has 0 aromatic heterocycles. The van der Waals surface area contributed by atoms with E-state index in [-0.39, 0.29) is 5.91 Å². The Labute approximate surface area is 142 Å². The van der Waals surface area contributed by atoms with E-state index in [0.29, 0.717) is 18.8 Å². The number of hydrogen-bond donors (Lipinski definition) is 1. The molecule has 1 aliphatic rings. The van der Waals surface area contributed by atoms with Gasteiger partial charge in [0, 0.05) is 5.56 Å². The van der Waals surface area contributed by atoms with E-state index in [1.54, 1.807) is 0 Å². The second-order valence-corrected chi connectivity index (χ2v) is 6.74. The molecule has 0 radical (unpaired) electrons. The Bertz CT molecular complexity index is 780. The molecule has 0 aliphatic carbocycles. The number of benzene rings is 2. The number of carbonyl (C=O) groups is 1. The molecule has 1 heterocycles.